The molecule has 0 unspecified atom stereocenters. The molecule has 0 radical (unpaired) electrons. The summed E-state index contributed by atoms with van der Waals surface area (Å²) in [6.45, 7) is 0. The summed E-state index contributed by atoms with van der Waals surface area (Å²) in [5.74, 6) is 0. The van der Waals surface area contributed by atoms with Crippen LogP contribution in [0.15, 0.2) is 186 Å². The van der Waals surface area contributed by atoms with E-state index >= 15 is 0 Å². The lowest BCUT2D eigenvalue weighted by Crippen LogP contribution is -2.10. The molecule has 0 amide bonds. The number of para-hydroxylation sites is 3. The van der Waals surface area contributed by atoms with Crippen molar-refractivity contribution in [2.24, 2.45) is 0 Å². The van der Waals surface area contributed by atoms with Crippen LogP contribution in [0.3, 0.4) is 0 Å². The van der Waals surface area contributed by atoms with Crippen LogP contribution in [0.5, 0.6) is 0 Å². The molecule has 0 saturated heterocycles. The van der Waals surface area contributed by atoms with Crippen LogP contribution in [0.25, 0.3) is 81.7 Å². The van der Waals surface area contributed by atoms with Crippen LogP contribution in [0.1, 0.15) is 0 Å². The second-order valence-corrected chi connectivity index (χ2v) is 13.3. The monoisotopic (exact) mass is 650 g/mol. The Morgan fingerprint density at radius 3 is 1.51 bits per heavy atom. The molecule has 0 saturated carbocycles. The first-order valence-corrected chi connectivity index (χ1v) is 17.4. The molecule has 3 nitrogen and oxygen atoms in total. The van der Waals surface area contributed by atoms with Crippen LogP contribution >= 0.6 is 0 Å². The van der Waals surface area contributed by atoms with Crippen molar-refractivity contribution in [1.29, 1.82) is 0 Å². The van der Waals surface area contributed by atoms with Crippen LogP contribution in [0, 0.1) is 0 Å². The van der Waals surface area contributed by atoms with Gasteiger partial charge in [-0.3, -0.25) is 0 Å². The van der Waals surface area contributed by atoms with Gasteiger partial charge in [-0.05, 0) is 99.0 Å². The Kier molecular flexibility index (Phi) is 5.96. The van der Waals surface area contributed by atoms with Crippen LogP contribution in [0.2, 0.25) is 0 Å². The van der Waals surface area contributed by atoms with Crippen molar-refractivity contribution in [2.75, 3.05) is 4.90 Å². The van der Waals surface area contributed by atoms with Crippen LogP contribution in [-0.2, 0) is 0 Å². The molecule has 2 aromatic heterocycles. The highest BCUT2D eigenvalue weighted by Crippen LogP contribution is 2.44. The highest BCUT2D eigenvalue weighted by molar-refractivity contribution is 6.26. The first-order chi connectivity index (χ1) is 25.3. The van der Waals surface area contributed by atoms with Gasteiger partial charge in [0.25, 0.3) is 0 Å². The van der Waals surface area contributed by atoms with Crippen molar-refractivity contribution in [3.8, 4) is 5.69 Å². The molecule has 3 heteroatoms. The summed E-state index contributed by atoms with van der Waals surface area (Å²) in [6, 6.07) is 65.6. The van der Waals surface area contributed by atoms with Crippen LogP contribution in [0.4, 0.5) is 17.1 Å². The molecule has 11 rings (SSSR count). The fourth-order valence-electron chi connectivity index (χ4n) is 8.29. The molecule has 11 aromatic rings. The Labute approximate surface area is 293 Å². The lowest BCUT2D eigenvalue weighted by atomic mass is 9.94. The van der Waals surface area contributed by atoms with Crippen molar-refractivity contribution >= 4 is 93.1 Å². The standard InChI is InChI=1S/C48H30N2O/c1-2-12-31(13-3-1)50-45-20-10-8-18-40(45)44-29-33(24-27-46(44)50)49(34-23-26-42-41-19-9-11-21-47(41)51-48(42)30-34)32-22-25-39-37-16-5-4-14-35(37)36-15-6-7-17-38(36)43(39)28-32/h1-30H. The minimum absolute atomic E-state index is 0.873. The third-order valence-electron chi connectivity index (χ3n) is 10.5. The van der Waals surface area contributed by atoms with Crippen molar-refractivity contribution in [2.45, 2.75) is 0 Å². The largest absolute Gasteiger partial charge is 0.456 e. The maximum Gasteiger partial charge on any atom is 0.137 e. The number of hydrogen-bond donors (Lipinski definition) is 0. The van der Waals surface area contributed by atoms with Gasteiger partial charge in [0, 0.05) is 50.4 Å². The van der Waals surface area contributed by atoms with Gasteiger partial charge < -0.3 is 13.9 Å². The van der Waals surface area contributed by atoms with Gasteiger partial charge in [-0.1, -0.05) is 109 Å². The Balaban J connectivity index is 1.20. The van der Waals surface area contributed by atoms with Crippen molar-refractivity contribution in [3.05, 3.63) is 182 Å². The Morgan fingerprint density at radius 2 is 0.784 bits per heavy atom. The maximum absolute atomic E-state index is 6.44. The average molecular weight is 651 g/mol. The van der Waals surface area contributed by atoms with E-state index < -0.39 is 0 Å². The highest BCUT2D eigenvalue weighted by atomic mass is 16.3. The summed E-state index contributed by atoms with van der Waals surface area (Å²) < 4.78 is 8.81. The molecule has 0 spiro atoms. The zero-order chi connectivity index (χ0) is 33.5. The number of furan rings is 1. The Morgan fingerprint density at radius 1 is 0.314 bits per heavy atom. The van der Waals surface area contributed by atoms with Gasteiger partial charge in [0.2, 0.25) is 0 Å². The topological polar surface area (TPSA) is 21.3 Å². The van der Waals surface area contributed by atoms with Gasteiger partial charge >= 0.3 is 0 Å². The first kappa shape index (κ1) is 28.0. The molecule has 0 N–H and O–H groups in total. The molecule has 2 heterocycles. The third-order valence-corrected chi connectivity index (χ3v) is 10.5. The predicted octanol–water partition coefficient (Wildman–Crippen LogP) is 13.6. The Hall–Kier alpha value is -6.84. The molecule has 0 aliphatic rings. The highest BCUT2D eigenvalue weighted by Gasteiger charge is 2.20. The molecule has 0 fully saturated rings. The van der Waals surface area contributed by atoms with Gasteiger partial charge in [0.1, 0.15) is 11.2 Å². The third kappa shape index (κ3) is 4.19. The minimum atomic E-state index is 0.873. The van der Waals surface area contributed by atoms with Crippen LogP contribution in [-0.4, -0.2) is 4.57 Å². The van der Waals surface area contributed by atoms with Gasteiger partial charge in [0.15, 0.2) is 0 Å². The fraction of sp³-hybridized carbons (Fsp3) is 0. The summed E-state index contributed by atoms with van der Waals surface area (Å²) in [5.41, 5.74) is 8.50. The lowest BCUT2D eigenvalue weighted by Gasteiger charge is -2.26. The predicted molar refractivity (Wildman–Crippen MR) is 215 cm³/mol. The molecule has 238 valence electrons. The summed E-state index contributed by atoms with van der Waals surface area (Å²) >= 11 is 0. The molecule has 0 aliphatic heterocycles. The molecule has 51 heavy (non-hydrogen) atoms. The number of anilines is 3. The molecule has 0 atom stereocenters. The SMILES string of the molecule is c1ccc(-n2c3ccccc3c3cc(N(c4ccc5c(c4)oc4ccccc45)c4ccc5c6ccccc6c6ccccc6c5c4)ccc32)cc1. The first-order valence-electron chi connectivity index (χ1n) is 17.4. The second kappa shape index (κ2) is 10.8. The Bertz CT molecular complexity index is 3120. The quantitative estimate of drug-likeness (QED) is 0.177. The average Bonchev–Trinajstić information content (AvgIpc) is 3.73. The number of rotatable bonds is 4. The van der Waals surface area contributed by atoms with Gasteiger partial charge in [0.05, 0.1) is 11.0 Å². The van der Waals surface area contributed by atoms with Gasteiger partial charge in [-0.2, -0.15) is 0 Å². The number of fused-ring (bicyclic) bond motifs is 12. The van der Waals surface area contributed by atoms with E-state index in [-0.39, 0.29) is 0 Å². The lowest BCUT2D eigenvalue weighted by molar-refractivity contribution is 0.669. The van der Waals surface area contributed by atoms with E-state index in [1.165, 1.54) is 54.1 Å². The van der Waals surface area contributed by atoms with Crippen molar-refractivity contribution in [3.63, 3.8) is 0 Å². The molecular formula is C48H30N2O. The van der Waals surface area contributed by atoms with Gasteiger partial charge in [-0.25, -0.2) is 0 Å². The zero-order valence-electron chi connectivity index (χ0n) is 27.6. The molecule has 0 aliphatic carbocycles. The molecule has 0 bridgehead atoms. The van der Waals surface area contributed by atoms with E-state index in [0.29, 0.717) is 0 Å². The smallest absolute Gasteiger partial charge is 0.137 e. The minimum Gasteiger partial charge on any atom is -0.456 e. The number of benzene rings is 9. The van der Waals surface area contributed by atoms with Crippen molar-refractivity contribution < 1.29 is 4.42 Å². The van der Waals surface area contributed by atoms with Crippen molar-refractivity contribution in [1.82, 2.24) is 4.57 Å². The van der Waals surface area contributed by atoms with E-state index in [4.69, 9.17) is 4.42 Å². The van der Waals surface area contributed by atoms with E-state index in [1.54, 1.807) is 0 Å². The number of aromatic nitrogens is 1. The van der Waals surface area contributed by atoms with Gasteiger partial charge in [-0.15, -0.1) is 0 Å². The molecular weight excluding hydrogens is 621 g/mol. The summed E-state index contributed by atoms with van der Waals surface area (Å²) in [5, 5.41) is 12.2. The van der Waals surface area contributed by atoms with E-state index in [9.17, 15) is 0 Å². The summed E-state index contributed by atoms with van der Waals surface area (Å²) in [4.78, 5) is 2.38. The zero-order valence-corrected chi connectivity index (χ0v) is 27.6. The van der Waals surface area contributed by atoms with E-state index in [1.807, 2.05) is 12.1 Å². The van der Waals surface area contributed by atoms with Crippen LogP contribution < -0.4 is 4.90 Å². The fourth-order valence-corrected chi connectivity index (χ4v) is 8.29. The number of hydrogen-bond acceptors (Lipinski definition) is 2. The maximum atomic E-state index is 6.44. The van der Waals surface area contributed by atoms with E-state index in [2.05, 4.69) is 179 Å². The number of nitrogens with zero attached hydrogens (tertiary/aromatic N) is 2. The molecule has 9 aromatic carbocycles. The van der Waals surface area contributed by atoms with E-state index in [0.717, 1.165) is 44.7 Å². The summed E-state index contributed by atoms with van der Waals surface area (Å²) in [7, 11) is 0. The second-order valence-electron chi connectivity index (χ2n) is 13.3. The summed E-state index contributed by atoms with van der Waals surface area (Å²) in [6.07, 6.45) is 0. The normalized spacial score (nSPS) is 11.9.